The van der Waals surface area contributed by atoms with Gasteiger partial charge >= 0.3 is 0 Å². The zero-order chi connectivity index (χ0) is 17.9. The van der Waals surface area contributed by atoms with Crippen molar-refractivity contribution >= 4 is 23.3 Å². The van der Waals surface area contributed by atoms with E-state index in [-0.39, 0.29) is 30.2 Å². The summed E-state index contributed by atoms with van der Waals surface area (Å²) in [6, 6.07) is 19.1. The molecule has 0 spiro atoms. The number of benzene rings is 2. The van der Waals surface area contributed by atoms with Crippen molar-refractivity contribution in [3.8, 4) is 0 Å². The molecule has 132 valence electrons. The lowest BCUT2D eigenvalue weighted by Crippen LogP contribution is -2.56. The van der Waals surface area contributed by atoms with Crippen LogP contribution in [-0.4, -0.2) is 24.2 Å². The number of para-hydroxylation sites is 1. The monoisotopic (exact) mass is 348 g/mol. The average Bonchev–Trinajstić information content (AvgIpc) is 3.53. The van der Waals surface area contributed by atoms with E-state index in [1.54, 1.807) is 0 Å². The minimum Gasteiger partial charge on any atom is -0.342 e. The van der Waals surface area contributed by atoms with Crippen LogP contribution in [0.25, 0.3) is 0 Å². The third kappa shape index (κ3) is 3.44. The lowest BCUT2D eigenvalue weighted by Gasteiger charge is -2.28. The lowest BCUT2D eigenvalue weighted by atomic mass is 10.0. The molecule has 6 nitrogen and oxygen atoms in total. The highest BCUT2D eigenvalue weighted by molar-refractivity contribution is 6.39. The molecule has 1 fully saturated rings. The van der Waals surface area contributed by atoms with Crippen LogP contribution in [0.3, 0.4) is 0 Å². The number of hydrogen-bond donors (Lipinski definition) is 2. The molecular weight excluding hydrogens is 328 g/mol. The first-order valence-corrected chi connectivity index (χ1v) is 8.77. The summed E-state index contributed by atoms with van der Waals surface area (Å²) in [5, 5.41) is 4.45. The second-order valence-electron chi connectivity index (χ2n) is 6.54. The average molecular weight is 348 g/mol. The highest BCUT2D eigenvalue weighted by atomic mass is 16.2. The maximum Gasteiger partial charge on any atom is 0.288 e. The van der Waals surface area contributed by atoms with E-state index in [0.29, 0.717) is 11.6 Å². The summed E-state index contributed by atoms with van der Waals surface area (Å²) in [5.41, 5.74) is 4.63. The van der Waals surface area contributed by atoms with Crippen molar-refractivity contribution in [2.24, 2.45) is 10.9 Å². The Labute approximate surface area is 151 Å². The van der Waals surface area contributed by atoms with Crippen molar-refractivity contribution < 1.29 is 9.59 Å². The van der Waals surface area contributed by atoms with Crippen molar-refractivity contribution in [3.05, 3.63) is 66.2 Å². The van der Waals surface area contributed by atoms with Gasteiger partial charge in [-0.25, -0.2) is 5.01 Å². The molecule has 2 aliphatic rings. The number of hydrogen-bond acceptors (Lipinski definition) is 4. The Bertz CT molecular complexity index is 831. The Hall–Kier alpha value is -3.15. The Balaban J connectivity index is 1.50. The van der Waals surface area contributed by atoms with E-state index in [1.165, 1.54) is 5.01 Å². The first kappa shape index (κ1) is 16.3. The van der Waals surface area contributed by atoms with E-state index in [4.69, 9.17) is 0 Å². The molecule has 0 bridgehead atoms. The molecule has 0 aromatic heterocycles. The zero-order valence-corrected chi connectivity index (χ0v) is 14.3. The molecule has 26 heavy (non-hydrogen) atoms. The molecular formula is C20H20N4O2. The minimum absolute atomic E-state index is 0.0315. The van der Waals surface area contributed by atoms with Crippen molar-refractivity contribution in [1.82, 2.24) is 10.7 Å². The summed E-state index contributed by atoms with van der Waals surface area (Å²) >= 11 is 0. The van der Waals surface area contributed by atoms with Gasteiger partial charge in [-0.3, -0.25) is 20.0 Å². The summed E-state index contributed by atoms with van der Waals surface area (Å²) in [5.74, 6) is 0.126. The van der Waals surface area contributed by atoms with Crippen molar-refractivity contribution in [2.45, 2.75) is 18.9 Å². The van der Waals surface area contributed by atoms with Crippen molar-refractivity contribution in [3.63, 3.8) is 0 Å². The van der Waals surface area contributed by atoms with Crippen LogP contribution in [0.5, 0.6) is 0 Å². The molecule has 0 saturated heterocycles. The van der Waals surface area contributed by atoms with Crippen LogP contribution in [-0.2, 0) is 9.59 Å². The van der Waals surface area contributed by atoms with Gasteiger partial charge in [0.1, 0.15) is 6.54 Å². The SMILES string of the molecule is O=C(N[C@@H](c1ccccc1)C1CC1)C1=NCC(=O)N(c2ccccc2)N1. The highest BCUT2D eigenvalue weighted by Gasteiger charge is 2.35. The van der Waals surface area contributed by atoms with Crippen LogP contribution in [0.1, 0.15) is 24.4 Å². The fourth-order valence-electron chi connectivity index (χ4n) is 3.10. The van der Waals surface area contributed by atoms with Gasteiger partial charge < -0.3 is 5.32 Å². The number of amidine groups is 1. The lowest BCUT2D eigenvalue weighted by molar-refractivity contribution is -0.118. The van der Waals surface area contributed by atoms with Crippen LogP contribution in [0.4, 0.5) is 5.69 Å². The molecule has 1 aliphatic heterocycles. The zero-order valence-electron chi connectivity index (χ0n) is 14.3. The van der Waals surface area contributed by atoms with Gasteiger partial charge in [-0.2, -0.15) is 0 Å². The summed E-state index contributed by atoms with van der Waals surface area (Å²) in [6.45, 7) is -0.0515. The summed E-state index contributed by atoms with van der Waals surface area (Å²) in [6.07, 6.45) is 2.21. The third-order valence-electron chi connectivity index (χ3n) is 4.61. The number of anilines is 1. The second-order valence-corrected chi connectivity index (χ2v) is 6.54. The first-order valence-electron chi connectivity index (χ1n) is 8.77. The van der Waals surface area contributed by atoms with Crippen LogP contribution >= 0.6 is 0 Å². The Kier molecular flexibility index (Phi) is 4.39. The minimum atomic E-state index is -0.292. The molecule has 2 aromatic rings. The van der Waals surface area contributed by atoms with Crippen LogP contribution in [0.15, 0.2) is 65.7 Å². The number of aliphatic imine (C=N–C) groups is 1. The van der Waals surface area contributed by atoms with Gasteiger partial charge in [0.15, 0.2) is 0 Å². The van der Waals surface area contributed by atoms with Crippen molar-refractivity contribution in [1.29, 1.82) is 0 Å². The second kappa shape index (κ2) is 7.00. The van der Waals surface area contributed by atoms with Crippen LogP contribution in [0.2, 0.25) is 0 Å². The number of rotatable bonds is 5. The predicted molar refractivity (Wildman–Crippen MR) is 99.4 cm³/mol. The van der Waals surface area contributed by atoms with Gasteiger partial charge in [0.05, 0.1) is 11.7 Å². The molecule has 2 amide bonds. The fraction of sp³-hybridized carbons (Fsp3) is 0.250. The molecule has 0 unspecified atom stereocenters. The Morgan fingerprint density at radius 2 is 1.73 bits per heavy atom. The number of amides is 2. The largest absolute Gasteiger partial charge is 0.342 e. The van der Waals surface area contributed by atoms with Crippen molar-refractivity contribution in [2.75, 3.05) is 11.6 Å². The number of hydrazine groups is 1. The third-order valence-corrected chi connectivity index (χ3v) is 4.61. The quantitative estimate of drug-likeness (QED) is 0.870. The van der Waals surface area contributed by atoms with E-state index in [2.05, 4.69) is 15.7 Å². The number of carbonyl (C=O) groups is 2. The molecule has 1 aliphatic carbocycles. The summed E-state index contributed by atoms with van der Waals surface area (Å²) in [4.78, 5) is 29.0. The van der Waals surface area contributed by atoms with Gasteiger partial charge in [-0.05, 0) is 36.5 Å². The maximum absolute atomic E-state index is 12.8. The molecule has 2 N–H and O–H groups in total. The van der Waals surface area contributed by atoms with Gasteiger partial charge in [0.2, 0.25) is 5.84 Å². The molecule has 2 aromatic carbocycles. The summed E-state index contributed by atoms with van der Waals surface area (Å²) < 4.78 is 0. The Morgan fingerprint density at radius 1 is 1.08 bits per heavy atom. The molecule has 0 radical (unpaired) electrons. The van der Waals surface area contributed by atoms with E-state index in [0.717, 1.165) is 18.4 Å². The van der Waals surface area contributed by atoms with E-state index < -0.39 is 0 Å². The molecule has 1 saturated carbocycles. The molecule has 1 atom stereocenters. The maximum atomic E-state index is 12.8. The van der Waals surface area contributed by atoms with E-state index in [1.807, 2.05) is 60.7 Å². The van der Waals surface area contributed by atoms with Crippen LogP contribution in [0, 0.1) is 5.92 Å². The predicted octanol–water partition coefficient (Wildman–Crippen LogP) is 2.20. The fourth-order valence-corrected chi connectivity index (χ4v) is 3.10. The first-order chi connectivity index (χ1) is 12.7. The number of carbonyl (C=O) groups excluding carboxylic acids is 2. The Morgan fingerprint density at radius 3 is 2.38 bits per heavy atom. The normalized spacial score (nSPS) is 17.9. The molecule has 4 rings (SSSR count). The standard InChI is InChI=1S/C20H20N4O2/c25-17-13-21-19(23-24(17)16-9-5-2-6-10-16)20(26)22-18(15-11-12-15)14-7-3-1-4-8-14/h1-10,15,18H,11-13H2,(H,21,23)(H,22,26)/t18-/m0/s1. The van der Waals surface area contributed by atoms with Gasteiger partial charge in [-0.1, -0.05) is 48.5 Å². The van der Waals surface area contributed by atoms with Gasteiger partial charge in [0.25, 0.3) is 11.8 Å². The van der Waals surface area contributed by atoms with Crippen LogP contribution < -0.4 is 15.8 Å². The number of nitrogens with one attached hydrogen (secondary N) is 2. The number of nitrogens with zero attached hydrogens (tertiary/aromatic N) is 2. The smallest absolute Gasteiger partial charge is 0.288 e. The van der Waals surface area contributed by atoms with Gasteiger partial charge in [-0.15, -0.1) is 0 Å². The van der Waals surface area contributed by atoms with E-state index >= 15 is 0 Å². The molecule has 6 heteroatoms. The highest BCUT2D eigenvalue weighted by Crippen LogP contribution is 2.40. The van der Waals surface area contributed by atoms with E-state index in [9.17, 15) is 9.59 Å². The summed E-state index contributed by atoms with van der Waals surface area (Å²) in [7, 11) is 0. The molecule has 1 heterocycles. The topological polar surface area (TPSA) is 73.8 Å². The van der Waals surface area contributed by atoms with Gasteiger partial charge in [0, 0.05) is 0 Å².